The van der Waals surface area contributed by atoms with Gasteiger partial charge in [0.15, 0.2) is 11.9 Å². The molecule has 2 N–H and O–H groups in total. The number of nitrogens with zero attached hydrogens (tertiary/aromatic N) is 2. The van der Waals surface area contributed by atoms with E-state index >= 15 is 0 Å². The van der Waals surface area contributed by atoms with Crippen LogP contribution in [0.5, 0.6) is 0 Å². The molecule has 146 valence electrons. The highest BCUT2D eigenvalue weighted by molar-refractivity contribution is 7.89. The van der Waals surface area contributed by atoms with Gasteiger partial charge in [-0.05, 0) is 26.0 Å². The van der Waals surface area contributed by atoms with Gasteiger partial charge in [-0.15, -0.1) is 0 Å². The summed E-state index contributed by atoms with van der Waals surface area (Å²) in [6.07, 6.45) is 0. The van der Waals surface area contributed by atoms with Crippen LogP contribution in [0.3, 0.4) is 0 Å². The molecule has 1 aliphatic rings. The molecule has 0 radical (unpaired) electrons. The number of sulfonamides is 1. The Morgan fingerprint density at radius 1 is 1.33 bits per heavy atom. The lowest BCUT2D eigenvalue weighted by molar-refractivity contribution is -0.917. The third-order valence-corrected chi connectivity index (χ3v) is 6.64. The third-order valence-electron chi connectivity index (χ3n) is 4.70. The van der Waals surface area contributed by atoms with Gasteiger partial charge in [0.1, 0.15) is 16.5 Å². The zero-order valence-corrected chi connectivity index (χ0v) is 15.9. The molecule has 1 aromatic carbocycles. The van der Waals surface area contributed by atoms with Gasteiger partial charge in [-0.1, -0.05) is 17.3 Å². The Morgan fingerprint density at radius 3 is 2.59 bits per heavy atom. The van der Waals surface area contributed by atoms with Crippen molar-refractivity contribution in [1.29, 1.82) is 0 Å². The number of benzene rings is 1. The molecule has 1 atom stereocenters. The highest BCUT2D eigenvalue weighted by atomic mass is 32.2. The molecule has 1 aliphatic heterocycles. The second-order valence-electron chi connectivity index (χ2n) is 6.53. The second-order valence-corrected chi connectivity index (χ2v) is 8.43. The van der Waals surface area contributed by atoms with Crippen LogP contribution in [0, 0.1) is 12.7 Å². The highest BCUT2D eigenvalue weighted by Crippen LogP contribution is 2.18. The van der Waals surface area contributed by atoms with Crippen molar-refractivity contribution in [2.45, 2.75) is 24.8 Å². The maximum Gasteiger partial charge on any atom is 0.283 e. The van der Waals surface area contributed by atoms with Gasteiger partial charge in [0.25, 0.3) is 5.91 Å². The fourth-order valence-electron chi connectivity index (χ4n) is 3.08. The van der Waals surface area contributed by atoms with E-state index in [1.54, 1.807) is 19.9 Å². The van der Waals surface area contributed by atoms with Crippen molar-refractivity contribution in [3.05, 3.63) is 41.9 Å². The van der Waals surface area contributed by atoms with Crippen LogP contribution >= 0.6 is 0 Å². The van der Waals surface area contributed by atoms with Crippen LogP contribution in [0.15, 0.2) is 39.8 Å². The molecule has 10 heteroatoms. The fraction of sp³-hybridized carbons (Fsp3) is 0.412. The molecule has 0 bridgehead atoms. The Kier molecular flexibility index (Phi) is 5.59. The maximum absolute atomic E-state index is 13.9. The number of carbonyl (C=O) groups is 1. The molecule has 2 heterocycles. The van der Waals surface area contributed by atoms with Gasteiger partial charge in [0, 0.05) is 6.07 Å². The van der Waals surface area contributed by atoms with Crippen molar-refractivity contribution in [2.24, 2.45) is 0 Å². The van der Waals surface area contributed by atoms with Crippen molar-refractivity contribution < 1.29 is 27.0 Å². The van der Waals surface area contributed by atoms with Crippen LogP contribution in [0.25, 0.3) is 0 Å². The number of halogens is 1. The first kappa shape index (κ1) is 19.5. The standard InChI is InChI=1S/C17H21FN4O4S/c1-12-11-16(20-26-12)19-17(23)13(2)21-7-9-22(10-8-21)27(24,25)15-6-4-3-5-14(15)18/h3-6,11,13H,7-10H2,1-2H3,(H,19,20,23)/p+1/t13-/m0/s1. The number of hydrogen-bond donors (Lipinski definition) is 2. The molecule has 1 fully saturated rings. The van der Waals surface area contributed by atoms with E-state index in [0.29, 0.717) is 24.7 Å². The van der Waals surface area contributed by atoms with E-state index in [-0.39, 0.29) is 29.9 Å². The normalized spacial score (nSPS) is 17.6. The largest absolute Gasteiger partial charge is 0.360 e. The van der Waals surface area contributed by atoms with Crippen LogP contribution in [-0.4, -0.2) is 56.0 Å². The molecular formula is C17H22FN4O4S+. The van der Waals surface area contributed by atoms with Crippen molar-refractivity contribution in [3.63, 3.8) is 0 Å². The lowest BCUT2D eigenvalue weighted by Gasteiger charge is -2.34. The van der Waals surface area contributed by atoms with E-state index in [1.165, 1.54) is 22.5 Å². The second kappa shape index (κ2) is 7.75. The predicted octanol–water partition coefficient (Wildman–Crippen LogP) is 0.0385. The number of piperazine rings is 1. The Labute approximate surface area is 157 Å². The summed E-state index contributed by atoms with van der Waals surface area (Å²) >= 11 is 0. The van der Waals surface area contributed by atoms with E-state index in [9.17, 15) is 17.6 Å². The smallest absolute Gasteiger partial charge is 0.283 e. The van der Waals surface area contributed by atoms with Gasteiger partial charge in [-0.2, -0.15) is 4.31 Å². The van der Waals surface area contributed by atoms with Gasteiger partial charge < -0.3 is 14.7 Å². The fourth-order valence-corrected chi connectivity index (χ4v) is 4.59. The van der Waals surface area contributed by atoms with Gasteiger partial charge in [0.2, 0.25) is 10.0 Å². The SMILES string of the molecule is Cc1cc(NC(=O)[C@H](C)[NH+]2CCN(S(=O)(=O)c3ccccc3F)CC2)no1. The maximum atomic E-state index is 13.9. The number of aromatic nitrogens is 1. The molecule has 27 heavy (non-hydrogen) atoms. The van der Waals surface area contributed by atoms with Crippen LogP contribution in [0.4, 0.5) is 10.2 Å². The summed E-state index contributed by atoms with van der Waals surface area (Å²) < 4.78 is 45.3. The van der Waals surface area contributed by atoms with Crippen LogP contribution in [-0.2, 0) is 14.8 Å². The minimum absolute atomic E-state index is 0.215. The first-order chi connectivity index (χ1) is 12.8. The number of aryl methyl sites for hydroxylation is 1. The molecule has 2 aromatic rings. The zero-order chi connectivity index (χ0) is 19.6. The number of hydrogen-bond acceptors (Lipinski definition) is 5. The van der Waals surface area contributed by atoms with Crippen molar-refractivity contribution in [3.8, 4) is 0 Å². The molecule has 0 spiro atoms. The lowest BCUT2D eigenvalue weighted by Crippen LogP contribution is -3.19. The lowest BCUT2D eigenvalue weighted by atomic mass is 10.2. The summed E-state index contributed by atoms with van der Waals surface area (Å²) in [6, 6.07) is 6.58. The van der Waals surface area contributed by atoms with Gasteiger partial charge in [-0.25, -0.2) is 12.8 Å². The van der Waals surface area contributed by atoms with Crippen LogP contribution in [0.1, 0.15) is 12.7 Å². The Bertz CT molecular complexity index is 923. The summed E-state index contributed by atoms with van der Waals surface area (Å²) in [5, 5.41) is 6.42. The summed E-state index contributed by atoms with van der Waals surface area (Å²) in [4.78, 5) is 13.0. The highest BCUT2D eigenvalue weighted by Gasteiger charge is 2.35. The van der Waals surface area contributed by atoms with E-state index in [4.69, 9.17) is 4.52 Å². The van der Waals surface area contributed by atoms with Crippen molar-refractivity contribution in [2.75, 3.05) is 31.5 Å². The molecule has 0 unspecified atom stereocenters. The summed E-state index contributed by atoms with van der Waals surface area (Å²) in [6.45, 7) is 4.82. The van der Waals surface area contributed by atoms with Crippen LogP contribution in [0.2, 0.25) is 0 Å². The predicted molar refractivity (Wildman–Crippen MR) is 95.2 cm³/mol. The molecule has 3 rings (SSSR count). The third kappa shape index (κ3) is 4.18. The summed E-state index contributed by atoms with van der Waals surface area (Å²) in [5.74, 6) is -0.0339. The number of nitrogens with one attached hydrogen (secondary N) is 2. The summed E-state index contributed by atoms with van der Waals surface area (Å²) in [7, 11) is -3.89. The molecule has 8 nitrogen and oxygen atoms in total. The minimum atomic E-state index is -3.89. The molecule has 0 saturated carbocycles. The number of carbonyl (C=O) groups excluding carboxylic acids is 1. The monoisotopic (exact) mass is 397 g/mol. The number of anilines is 1. The Hall–Kier alpha value is -2.30. The van der Waals surface area contributed by atoms with Gasteiger partial charge in [-0.3, -0.25) is 4.79 Å². The average Bonchev–Trinajstić information content (AvgIpc) is 3.06. The first-order valence-electron chi connectivity index (χ1n) is 8.62. The molecule has 1 amide bonds. The number of amides is 1. The van der Waals surface area contributed by atoms with E-state index in [0.717, 1.165) is 11.0 Å². The molecule has 0 aliphatic carbocycles. The van der Waals surface area contributed by atoms with E-state index in [2.05, 4.69) is 10.5 Å². The number of quaternary nitrogens is 1. The Morgan fingerprint density at radius 2 is 2.00 bits per heavy atom. The minimum Gasteiger partial charge on any atom is -0.360 e. The molecule has 1 aromatic heterocycles. The Balaban J connectivity index is 1.61. The van der Waals surface area contributed by atoms with Crippen molar-refractivity contribution >= 4 is 21.7 Å². The quantitative estimate of drug-likeness (QED) is 0.743. The molecular weight excluding hydrogens is 375 g/mol. The van der Waals surface area contributed by atoms with Crippen molar-refractivity contribution in [1.82, 2.24) is 9.46 Å². The van der Waals surface area contributed by atoms with Gasteiger partial charge in [0.05, 0.1) is 26.2 Å². The van der Waals surface area contributed by atoms with Gasteiger partial charge >= 0.3 is 0 Å². The van der Waals surface area contributed by atoms with E-state index < -0.39 is 15.8 Å². The number of rotatable bonds is 5. The zero-order valence-electron chi connectivity index (χ0n) is 15.1. The summed E-state index contributed by atoms with van der Waals surface area (Å²) in [5.41, 5.74) is 0. The van der Waals surface area contributed by atoms with Crippen LogP contribution < -0.4 is 10.2 Å². The topological polar surface area (TPSA) is 97.0 Å². The first-order valence-corrected chi connectivity index (χ1v) is 10.1. The van der Waals surface area contributed by atoms with E-state index in [1.807, 2.05) is 0 Å². The average molecular weight is 397 g/mol. The molecule has 1 saturated heterocycles.